The molecule has 3 aliphatic rings. The van der Waals surface area contributed by atoms with Crippen LogP contribution in [0, 0.1) is 0 Å². The van der Waals surface area contributed by atoms with Gasteiger partial charge in [-0.2, -0.15) is 0 Å². The standard InChI is InChI=1S/C22H28N2O6/c1-2-3-12-28-21(27)16-4-6-17(7-5-16)24-19(25)15-18(20(24)26)23-10-8-22(9-11-23)29-13-14-30-22/h4-7,18H,2-3,8-15H2,1H3/t18-/m0/s1. The molecule has 4 rings (SSSR count). The average molecular weight is 416 g/mol. The van der Waals surface area contributed by atoms with Gasteiger partial charge < -0.3 is 14.2 Å². The lowest BCUT2D eigenvalue weighted by atomic mass is 10.0. The summed E-state index contributed by atoms with van der Waals surface area (Å²) in [5.74, 6) is -1.35. The molecule has 3 heterocycles. The summed E-state index contributed by atoms with van der Waals surface area (Å²) >= 11 is 0. The summed E-state index contributed by atoms with van der Waals surface area (Å²) in [7, 11) is 0. The van der Waals surface area contributed by atoms with Gasteiger partial charge in [0.1, 0.15) is 0 Å². The van der Waals surface area contributed by atoms with Gasteiger partial charge in [-0.15, -0.1) is 0 Å². The lowest BCUT2D eigenvalue weighted by Crippen LogP contribution is -2.51. The number of likely N-dealkylation sites (tertiary alicyclic amines) is 1. The maximum Gasteiger partial charge on any atom is 0.338 e. The number of hydrogen-bond acceptors (Lipinski definition) is 7. The number of nitrogens with zero attached hydrogens (tertiary/aromatic N) is 2. The van der Waals surface area contributed by atoms with E-state index in [4.69, 9.17) is 14.2 Å². The number of piperidine rings is 1. The first kappa shape index (κ1) is 21.0. The topological polar surface area (TPSA) is 85.4 Å². The van der Waals surface area contributed by atoms with Crippen LogP contribution in [0.3, 0.4) is 0 Å². The number of unbranched alkanes of at least 4 members (excludes halogenated alkanes) is 1. The SMILES string of the molecule is CCCCOC(=O)c1ccc(N2C(=O)C[C@H](N3CCC4(CC3)OCCO4)C2=O)cc1. The highest BCUT2D eigenvalue weighted by atomic mass is 16.7. The molecular weight excluding hydrogens is 388 g/mol. The Labute approximate surface area is 176 Å². The van der Waals surface area contributed by atoms with Gasteiger partial charge in [0.25, 0.3) is 5.91 Å². The fraction of sp³-hybridized carbons (Fsp3) is 0.591. The molecule has 0 bridgehead atoms. The molecule has 1 aromatic carbocycles. The average Bonchev–Trinajstić information content (AvgIpc) is 3.33. The van der Waals surface area contributed by atoms with Gasteiger partial charge in [-0.05, 0) is 30.7 Å². The predicted octanol–water partition coefficient (Wildman–Crippen LogP) is 2.11. The molecule has 3 aliphatic heterocycles. The molecule has 0 aliphatic carbocycles. The Morgan fingerprint density at radius 1 is 1.13 bits per heavy atom. The smallest absolute Gasteiger partial charge is 0.338 e. The molecule has 0 unspecified atom stereocenters. The van der Waals surface area contributed by atoms with Crippen LogP contribution in [-0.2, 0) is 23.8 Å². The summed E-state index contributed by atoms with van der Waals surface area (Å²) in [6.07, 6.45) is 3.32. The summed E-state index contributed by atoms with van der Waals surface area (Å²) in [4.78, 5) is 41.0. The van der Waals surface area contributed by atoms with E-state index in [-0.39, 0.29) is 18.2 Å². The molecule has 0 aromatic heterocycles. The molecule has 0 N–H and O–H groups in total. The Morgan fingerprint density at radius 2 is 1.80 bits per heavy atom. The normalized spacial score (nSPS) is 24.0. The zero-order chi connectivity index (χ0) is 21.1. The van der Waals surface area contributed by atoms with Crippen LogP contribution in [0.4, 0.5) is 5.69 Å². The lowest BCUT2D eigenvalue weighted by molar-refractivity contribution is -0.188. The van der Waals surface area contributed by atoms with Gasteiger partial charge in [0, 0.05) is 25.9 Å². The van der Waals surface area contributed by atoms with Crippen molar-refractivity contribution in [1.29, 1.82) is 0 Å². The highest BCUT2D eigenvalue weighted by Gasteiger charge is 2.47. The highest BCUT2D eigenvalue weighted by molar-refractivity contribution is 6.22. The molecule has 8 nitrogen and oxygen atoms in total. The molecular formula is C22H28N2O6. The minimum absolute atomic E-state index is 0.161. The van der Waals surface area contributed by atoms with Crippen LogP contribution in [0.25, 0.3) is 0 Å². The Bertz CT molecular complexity index is 792. The number of anilines is 1. The van der Waals surface area contributed by atoms with Crippen LogP contribution in [0.15, 0.2) is 24.3 Å². The largest absolute Gasteiger partial charge is 0.462 e. The van der Waals surface area contributed by atoms with Crippen molar-refractivity contribution in [3.8, 4) is 0 Å². The minimum atomic E-state index is -0.510. The van der Waals surface area contributed by atoms with Crippen molar-refractivity contribution in [2.45, 2.75) is 50.9 Å². The Morgan fingerprint density at radius 3 is 2.43 bits per heavy atom. The van der Waals surface area contributed by atoms with Crippen molar-refractivity contribution in [2.24, 2.45) is 0 Å². The van der Waals surface area contributed by atoms with Crippen molar-refractivity contribution in [2.75, 3.05) is 37.8 Å². The molecule has 1 aromatic rings. The van der Waals surface area contributed by atoms with Crippen LogP contribution in [0.5, 0.6) is 0 Å². The molecule has 8 heteroatoms. The van der Waals surface area contributed by atoms with E-state index < -0.39 is 17.8 Å². The summed E-state index contributed by atoms with van der Waals surface area (Å²) in [6.45, 7) is 4.93. The summed E-state index contributed by atoms with van der Waals surface area (Å²) < 4.78 is 16.7. The summed E-state index contributed by atoms with van der Waals surface area (Å²) in [6, 6.07) is 5.98. The van der Waals surface area contributed by atoms with Crippen molar-refractivity contribution in [1.82, 2.24) is 4.90 Å². The third-order valence-electron chi connectivity index (χ3n) is 6.03. The second kappa shape index (κ2) is 8.83. The van der Waals surface area contributed by atoms with Gasteiger partial charge in [0.2, 0.25) is 5.91 Å². The maximum absolute atomic E-state index is 13.0. The molecule has 2 amide bonds. The third kappa shape index (κ3) is 4.12. The number of hydrogen-bond donors (Lipinski definition) is 0. The minimum Gasteiger partial charge on any atom is -0.462 e. The Hall–Kier alpha value is -2.29. The van der Waals surface area contributed by atoms with Crippen molar-refractivity contribution in [3.05, 3.63) is 29.8 Å². The Kier molecular flexibility index (Phi) is 6.17. The maximum atomic E-state index is 13.0. The number of carbonyl (C=O) groups is 3. The second-order valence-corrected chi connectivity index (χ2v) is 7.97. The van der Waals surface area contributed by atoms with Crippen LogP contribution in [-0.4, -0.2) is 67.4 Å². The van der Waals surface area contributed by atoms with E-state index >= 15 is 0 Å². The van der Waals surface area contributed by atoms with E-state index in [1.165, 1.54) is 4.90 Å². The van der Waals surface area contributed by atoms with Gasteiger partial charge >= 0.3 is 5.97 Å². The first-order chi connectivity index (χ1) is 14.5. The van der Waals surface area contributed by atoms with E-state index in [0.717, 1.165) is 12.8 Å². The van der Waals surface area contributed by atoms with Crippen molar-refractivity contribution >= 4 is 23.5 Å². The van der Waals surface area contributed by atoms with E-state index in [1.807, 2.05) is 6.92 Å². The monoisotopic (exact) mass is 416 g/mol. The number of imide groups is 1. The molecule has 0 saturated carbocycles. The number of benzene rings is 1. The number of esters is 1. The molecule has 162 valence electrons. The molecule has 0 radical (unpaired) electrons. The van der Waals surface area contributed by atoms with Crippen LogP contribution in [0.1, 0.15) is 49.4 Å². The predicted molar refractivity (Wildman–Crippen MR) is 108 cm³/mol. The van der Waals surface area contributed by atoms with Gasteiger partial charge in [-0.3, -0.25) is 14.5 Å². The van der Waals surface area contributed by atoms with Crippen molar-refractivity contribution in [3.63, 3.8) is 0 Å². The zero-order valence-electron chi connectivity index (χ0n) is 17.3. The van der Waals surface area contributed by atoms with Crippen LogP contribution >= 0.6 is 0 Å². The molecule has 3 saturated heterocycles. The van der Waals surface area contributed by atoms with Gasteiger partial charge in [-0.25, -0.2) is 9.69 Å². The molecule has 30 heavy (non-hydrogen) atoms. The van der Waals surface area contributed by atoms with E-state index in [0.29, 0.717) is 57.0 Å². The third-order valence-corrected chi connectivity index (χ3v) is 6.03. The van der Waals surface area contributed by atoms with E-state index in [2.05, 4.69) is 4.90 Å². The zero-order valence-corrected chi connectivity index (χ0v) is 17.3. The van der Waals surface area contributed by atoms with E-state index in [9.17, 15) is 14.4 Å². The first-order valence-corrected chi connectivity index (χ1v) is 10.7. The Balaban J connectivity index is 1.38. The van der Waals surface area contributed by atoms with Crippen molar-refractivity contribution < 1.29 is 28.6 Å². The first-order valence-electron chi connectivity index (χ1n) is 10.7. The number of ether oxygens (including phenoxy) is 3. The number of carbonyl (C=O) groups excluding carboxylic acids is 3. The molecule has 3 fully saturated rings. The second-order valence-electron chi connectivity index (χ2n) is 7.97. The fourth-order valence-corrected chi connectivity index (χ4v) is 4.27. The van der Waals surface area contributed by atoms with Gasteiger partial charge in [0.15, 0.2) is 5.79 Å². The quantitative estimate of drug-likeness (QED) is 0.399. The van der Waals surface area contributed by atoms with E-state index in [1.54, 1.807) is 24.3 Å². The van der Waals surface area contributed by atoms with Gasteiger partial charge in [-0.1, -0.05) is 13.3 Å². The molecule has 1 spiro atoms. The van der Waals surface area contributed by atoms with Crippen LogP contribution in [0.2, 0.25) is 0 Å². The highest BCUT2D eigenvalue weighted by Crippen LogP contribution is 2.34. The number of amides is 2. The summed E-state index contributed by atoms with van der Waals surface area (Å²) in [5, 5.41) is 0. The van der Waals surface area contributed by atoms with Gasteiger partial charge in [0.05, 0.1) is 43.5 Å². The molecule has 1 atom stereocenters. The fourth-order valence-electron chi connectivity index (χ4n) is 4.27. The number of rotatable bonds is 6. The lowest BCUT2D eigenvalue weighted by Gasteiger charge is -2.39. The van der Waals surface area contributed by atoms with Crippen LogP contribution < -0.4 is 4.90 Å². The summed E-state index contributed by atoms with van der Waals surface area (Å²) in [5.41, 5.74) is 0.886.